The normalized spacial score (nSPS) is 11.0. The molecule has 3 N–H and O–H groups in total. The number of nitrogens with one attached hydrogen (secondary N) is 3. The molecule has 9 nitrogen and oxygen atoms in total. The van der Waals surface area contributed by atoms with Crippen LogP contribution in [0.4, 0.5) is 28.8 Å². The number of hydrogen-bond acceptors (Lipinski definition) is 8. The lowest BCUT2D eigenvalue weighted by molar-refractivity contribution is 0.402. The third-order valence-corrected chi connectivity index (χ3v) is 6.18. The van der Waals surface area contributed by atoms with Gasteiger partial charge in [0.05, 0.1) is 7.11 Å². The predicted octanol–water partition coefficient (Wildman–Crippen LogP) is 4.79. The van der Waals surface area contributed by atoms with E-state index in [1.54, 1.807) is 61.7 Å². The van der Waals surface area contributed by atoms with Crippen LogP contribution in [0.3, 0.4) is 0 Å². The molecule has 4 rings (SSSR count). The SMILES string of the molecule is COc1ccc(C)cc1S(=O)(=O)Nc1ccc(Nc2cc(Nc3ccccn3)nc(C)n2)cc1. The minimum atomic E-state index is -3.82. The largest absolute Gasteiger partial charge is 0.495 e. The second kappa shape index (κ2) is 9.75. The van der Waals surface area contributed by atoms with E-state index in [9.17, 15) is 8.42 Å². The number of hydrogen-bond donors (Lipinski definition) is 3. The number of aromatic nitrogens is 3. The van der Waals surface area contributed by atoms with Gasteiger partial charge >= 0.3 is 0 Å². The summed E-state index contributed by atoms with van der Waals surface area (Å²) in [5, 5.41) is 6.36. The lowest BCUT2D eigenvalue weighted by Crippen LogP contribution is -2.14. The van der Waals surface area contributed by atoms with Crippen molar-refractivity contribution in [2.45, 2.75) is 18.7 Å². The molecule has 2 aromatic heterocycles. The Morgan fingerprint density at radius 1 is 0.794 bits per heavy atom. The van der Waals surface area contributed by atoms with E-state index in [0.717, 1.165) is 11.3 Å². The first-order valence-electron chi connectivity index (χ1n) is 10.4. The van der Waals surface area contributed by atoms with Crippen molar-refractivity contribution in [2.75, 3.05) is 22.5 Å². The first-order chi connectivity index (χ1) is 16.3. The second-order valence-electron chi connectivity index (χ2n) is 7.49. The zero-order valence-corrected chi connectivity index (χ0v) is 19.7. The molecule has 0 aliphatic heterocycles. The Labute approximate surface area is 198 Å². The van der Waals surface area contributed by atoms with E-state index in [4.69, 9.17) is 4.74 Å². The summed E-state index contributed by atoms with van der Waals surface area (Å²) in [5.41, 5.74) is 1.97. The molecule has 0 aliphatic rings. The van der Waals surface area contributed by atoms with Gasteiger partial charge in [-0.2, -0.15) is 0 Å². The van der Waals surface area contributed by atoms with Gasteiger partial charge < -0.3 is 15.4 Å². The van der Waals surface area contributed by atoms with Crippen LogP contribution >= 0.6 is 0 Å². The van der Waals surface area contributed by atoms with Crippen molar-refractivity contribution in [3.63, 3.8) is 0 Å². The summed E-state index contributed by atoms with van der Waals surface area (Å²) in [5.74, 6) is 2.73. The van der Waals surface area contributed by atoms with Crippen molar-refractivity contribution in [1.29, 1.82) is 0 Å². The van der Waals surface area contributed by atoms with Crippen LogP contribution in [-0.4, -0.2) is 30.5 Å². The minimum Gasteiger partial charge on any atom is -0.495 e. The summed E-state index contributed by atoms with van der Waals surface area (Å²) in [6.45, 7) is 3.62. The topological polar surface area (TPSA) is 118 Å². The summed E-state index contributed by atoms with van der Waals surface area (Å²) in [4.78, 5) is 13.1. The minimum absolute atomic E-state index is 0.0848. The van der Waals surface area contributed by atoms with Gasteiger partial charge in [0, 0.05) is 23.6 Å². The second-order valence-corrected chi connectivity index (χ2v) is 9.14. The molecule has 34 heavy (non-hydrogen) atoms. The van der Waals surface area contributed by atoms with E-state index in [-0.39, 0.29) is 10.6 Å². The summed E-state index contributed by atoms with van der Waals surface area (Å²) >= 11 is 0. The van der Waals surface area contributed by atoms with Crippen LogP contribution < -0.4 is 20.1 Å². The van der Waals surface area contributed by atoms with Crippen molar-refractivity contribution in [3.05, 3.63) is 84.3 Å². The van der Waals surface area contributed by atoms with Gasteiger partial charge in [-0.25, -0.2) is 23.4 Å². The van der Waals surface area contributed by atoms with Gasteiger partial charge in [0.15, 0.2) is 0 Å². The number of anilines is 5. The molecule has 4 aromatic rings. The van der Waals surface area contributed by atoms with Crippen molar-refractivity contribution in [2.24, 2.45) is 0 Å². The zero-order valence-electron chi connectivity index (χ0n) is 18.9. The van der Waals surface area contributed by atoms with Crippen LogP contribution in [0.15, 0.2) is 77.8 Å². The van der Waals surface area contributed by atoms with Crippen LogP contribution in [0.5, 0.6) is 5.75 Å². The van der Waals surface area contributed by atoms with E-state index in [2.05, 4.69) is 30.3 Å². The molecule has 0 spiro atoms. The Morgan fingerprint density at radius 3 is 2.18 bits per heavy atom. The van der Waals surface area contributed by atoms with Crippen molar-refractivity contribution < 1.29 is 13.2 Å². The maximum Gasteiger partial charge on any atom is 0.265 e. The fourth-order valence-corrected chi connectivity index (χ4v) is 4.55. The summed E-state index contributed by atoms with van der Waals surface area (Å²) in [6.07, 6.45) is 1.69. The van der Waals surface area contributed by atoms with E-state index >= 15 is 0 Å². The van der Waals surface area contributed by atoms with Crippen LogP contribution in [0.1, 0.15) is 11.4 Å². The third-order valence-electron chi connectivity index (χ3n) is 4.78. The van der Waals surface area contributed by atoms with Crippen LogP contribution in [0.2, 0.25) is 0 Å². The molecule has 0 saturated carbocycles. The van der Waals surface area contributed by atoms with Gasteiger partial charge in [0.1, 0.15) is 33.9 Å². The molecule has 0 radical (unpaired) electrons. The molecule has 174 valence electrons. The van der Waals surface area contributed by atoms with Gasteiger partial charge in [-0.15, -0.1) is 0 Å². The molecule has 2 aromatic carbocycles. The van der Waals surface area contributed by atoms with Crippen molar-refractivity contribution in [3.8, 4) is 5.75 Å². The van der Waals surface area contributed by atoms with Crippen LogP contribution in [-0.2, 0) is 10.0 Å². The lowest BCUT2D eigenvalue weighted by Gasteiger charge is -2.13. The fourth-order valence-electron chi connectivity index (χ4n) is 3.24. The van der Waals surface area contributed by atoms with Gasteiger partial charge in [0.25, 0.3) is 10.0 Å². The highest BCUT2D eigenvalue weighted by atomic mass is 32.2. The molecule has 0 bridgehead atoms. The molecule has 0 atom stereocenters. The summed E-state index contributed by atoms with van der Waals surface area (Å²) in [7, 11) is -2.38. The van der Waals surface area contributed by atoms with Crippen molar-refractivity contribution in [1.82, 2.24) is 15.0 Å². The molecular formula is C24H24N6O3S. The number of benzene rings is 2. The van der Waals surface area contributed by atoms with Gasteiger partial charge in [-0.3, -0.25) is 4.72 Å². The molecule has 0 saturated heterocycles. The fraction of sp³-hybridized carbons (Fsp3) is 0.125. The average Bonchev–Trinajstić information content (AvgIpc) is 2.80. The quantitative estimate of drug-likeness (QED) is 0.332. The van der Waals surface area contributed by atoms with Crippen LogP contribution in [0.25, 0.3) is 0 Å². The molecule has 0 unspecified atom stereocenters. The van der Waals surface area contributed by atoms with E-state index < -0.39 is 10.0 Å². The number of rotatable bonds is 8. The molecule has 0 fully saturated rings. The molecule has 0 amide bonds. The standard InChI is InChI=1S/C24H24N6O3S/c1-16-7-12-20(33-3)21(14-16)34(31,32)30-19-10-8-18(9-11-19)28-23-15-24(27-17(2)26-23)29-22-6-4-5-13-25-22/h4-15,30H,1-3H3,(H2,25,26,27,28,29). The van der Waals surface area contributed by atoms with E-state index in [0.29, 0.717) is 29.0 Å². The maximum absolute atomic E-state index is 12.9. The highest BCUT2D eigenvalue weighted by Crippen LogP contribution is 2.27. The molecule has 2 heterocycles. The zero-order chi connectivity index (χ0) is 24.1. The molecule has 10 heteroatoms. The smallest absolute Gasteiger partial charge is 0.265 e. The van der Waals surface area contributed by atoms with E-state index in [1.807, 2.05) is 25.1 Å². The van der Waals surface area contributed by atoms with Gasteiger partial charge in [-0.1, -0.05) is 12.1 Å². The van der Waals surface area contributed by atoms with Gasteiger partial charge in [-0.05, 0) is 67.9 Å². The number of aryl methyl sites for hydroxylation is 2. The van der Waals surface area contributed by atoms with Crippen molar-refractivity contribution >= 4 is 38.9 Å². The lowest BCUT2D eigenvalue weighted by atomic mass is 10.2. The number of methoxy groups -OCH3 is 1. The Balaban J connectivity index is 1.49. The first kappa shape index (κ1) is 23.0. The average molecular weight is 477 g/mol. The third kappa shape index (κ3) is 5.59. The highest BCUT2D eigenvalue weighted by molar-refractivity contribution is 7.92. The molecular weight excluding hydrogens is 452 g/mol. The van der Waals surface area contributed by atoms with Crippen LogP contribution in [0, 0.1) is 13.8 Å². The predicted molar refractivity (Wildman–Crippen MR) is 133 cm³/mol. The molecule has 0 aliphatic carbocycles. The first-order valence-corrected chi connectivity index (χ1v) is 11.9. The maximum atomic E-state index is 12.9. The highest BCUT2D eigenvalue weighted by Gasteiger charge is 2.20. The number of pyridine rings is 1. The Hall–Kier alpha value is -4.18. The van der Waals surface area contributed by atoms with Gasteiger partial charge in [0.2, 0.25) is 0 Å². The summed E-state index contributed by atoms with van der Waals surface area (Å²) < 4.78 is 33.6. The Morgan fingerprint density at radius 2 is 1.50 bits per heavy atom. The summed E-state index contributed by atoms with van der Waals surface area (Å²) in [6, 6.07) is 19.2. The number of sulfonamides is 1. The number of nitrogens with zero attached hydrogens (tertiary/aromatic N) is 3. The monoisotopic (exact) mass is 476 g/mol. The number of ether oxygens (including phenoxy) is 1. The Bertz CT molecular complexity index is 1390. The van der Waals surface area contributed by atoms with E-state index in [1.165, 1.54) is 7.11 Å². The Kier molecular flexibility index (Phi) is 6.60.